The third kappa shape index (κ3) is 5.36. The standard InChI is InChI=1S/C22H27ClN4O3S/c1-15-6-5-9-19(31(23,29)30)21(15)26-22(28)18-12-20(25-14-24-18)27(13-16-10-11-16)17-7-3-2-4-8-17/h5-6,9,12,14,16-17H,2-4,7-8,10-11,13H2,1H3,(H,26,28). The van der Waals surface area contributed by atoms with Gasteiger partial charge in [0, 0.05) is 29.3 Å². The molecular weight excluding hydrogens is 436 g/mol. The summed E-state index contributed by atoms with van der Waals surface area (Å²) in [6, 6.07) is 6.82. The first kappa shape index (κ1) is 22.0. The zero-order valence-electron chi connectivity index (χ0n) is 17.6. The van der Waals surface area contributed by atoms with Crippen LogP contribution in [0.25, 0.3) is 0 Å². The smallest absolute Gasteiger partial charge is 0.274 e. The van der Waals surface area contributed by atoms with E-state index in [0.717, 1.165) is 25.2 Å². The molecule has 0 spiro atoms. The van der Waals surface area contributed by atoms with Crippen molar-refractivity contribution in [1.82, 2.24) is 9.97 Å². The van der Waals surface area contributed by atoms with Crippen molar-refractivity contribution in [2.45, 2.75) is 62.8 Å². The van der Waals surface area contributed by atoms with Crippen molar-refractivity contribution in [3.8, 4) is 0 Å². The molecule has 0 aliphatic heterocycles. The Morgan fingerprint density at radius 2 is 1.90 bits per heavy atom. The van der Waals surface area contributed by atoms with E-state index < -0.39 is 15.0 Å². The number of anilines is 2. The maximum Gasteiger partial charge on any atom is 0.274 e. The van der Waals surface area contributed by atoms with Crippen LogP contribution in [-0.2, 0) is 9.05 Å². The average molecular weight is 463 g/mol. The summed E-state index contributed by atoms with van der Waals surface area (Å²) < 4.78 is 23.9. The highest BCUT2D eigenvalue weighted by Crippen LogP contribution is 2.35. The molecule has 1 amide bonds. The third-order valence-corrected chi connectivity index (χ3v) is 7.45. The highest BCUT2D eigenvalue weighted by atomic mass is 35.7. The molecule has 2 aliphatic carbocycles. The lowest BCUT2D eigenvalue weighted by Gasteiger charge is -2.35. The largest absolute Gasteiger partial charge is 0.353 e. The topological polar surface area (TPSA) is 92.3 Å². The molecule has 2 fully saturated rings. The molecule has 0 radical (unpaired) electrons. The monoisotopic (exact) mass is 462 g/mol. The number of rotatable bonds is 7. The number of hydrogen-bond donors (Lipinski definition) is 1. The molecular formula is C22H27ClN4O3S. The van der Waals surface area contributed by atoms with E-state index in [2.05, 4.69) is 20.2 Å². The van der Waals surface area contributed by atoms with Crippen LogP contribution >= 0.6 is 10.7 Å². The van der Waals surface area contributed by atoms with E-state index >= 15 is 0 Å². The Balaban J connectivity index is 1.60. The van der Waals surface area contributed by atoms with Gasteiger partial charge in [-0.1, -0.05) is 31.4 Å². The SMILES string of the molecule is Cc1cccc(S(=O)(=O)Cl)c1NC(=O)c1cc(N(CC2CC2)C2CCCCC2)ncn1. The van der Waals surface area contributed by atoms with Crippen molar-refractivity contribution < 1.29 is 13.2 Å². The number of aromatic nitrogens is 2. The summed E-state index contributed by atoms with van der Waals surface area (Å²) in [4.78, 5) is 23.8. The highest BCUT2D eigenvalue weighted by molar-refractivity contribution is 8.13. The molecule has 1 aromatic carbocycles. The average Bonchev–Trinajstić information content (AvgIpc) is 3.57. The summed E-state index contributed by atoms with van der Waals surface area (Å²) in [5.74, 6) is 0.959. The fraction of sp³-hybridized carbons (Fsp3) is 0.500. The van der Waals surface area contributed by atoms with Gasteiger partial charge in [-0.05, 0) is 50.2 Å². The minimum Gasteiger partial charge on any atom is -0.353 e. The van der Waals surface area contributed by atoms with E-state index in [9.17, 15) is 13.2 Å². The maximum atomic E-state index is 13.0. The second-order valence-corrected chi connectivity index (χ2v) is 11.0. The van der Waals surface area contributed by atoms with Gasteiger partial charge in [0.25, 0.3) is 15.0 Å². The van der Waals surface area contributed by atoms with Crippen LogP contribution in [0.3, 0.4) is 0 Å². The van der Waals surface area contributed by atoms with Crippen molar-refractivity contribution in [1.29, 1.82) is 0 Å². The van der Waals surface area contributed by atoms with Crippen LogP contribution in [0.15, 0.2) is 35.5 Å². The number of para-hydroxylation sites is 1. The Kier molecular flexibility index (Phi) is 6.48. The molecule has 4 rings (SSSR count). The quantitative estimate of drug-likeness (QED) is 0.608. The van der Waals surface area contributed by atoms with Crippen molar-refractivity contribution in [3.05, 3.63) is 41.9 Å². The van der Waals surface area contributed by atoms with Gasteiger partial charge in [-0.15, -0.1) is 0 Å². The fourth-order valence-corrected chi connectivity index (χ4v) is 5.29. The number of nitrogens with one attached hydrogen (secondary N) is 1. The molecule has 0 unspecified atom stereocenters. The maximum absolute atomic E-state index is 13.0. The summed E-state index contributed by atoms with van der Waals surface area (Å²) in [6.45, 7) is 2.67. The van der Waals surface area contributed by atoms with Gasteiger partial charge in [-0.3, -0.25) is 4.79 Å². The van der Waals surface area contributed by atoms with E-state index in [-0.39, 0.29) is 16.3 Å². The molecule has 1 heterocycles. The van der Waals surface area contributed by atoms with Crippen molar-refractivity contribution in [2.24, 2.45) is 5.92 Å². The van der Waals surface area contributed by atoms with Crippen LogP contribution in [0.4, 0.5) is 11.5 Å². The van der Waals surface area contributed by atoms with Gasteiger partial charge in [0.15, 0.2) is 0 Å². The minimum atomic E-state index is -4.01. The molecule has 2 aromatic rings. The van der Waals surface area contributed by atoms with Crippen LogP contribution < -0.4 is 10.2 Å². The summed E-state index contributed by atoms with van der Waals surface area (Å²) in [5.41, 5.74) is 0.967. The Morgan fingerprint density at radius 3 is 2.58 bits per heavy atom. The van der Waals surface area contributed by atoms with Gasteiger partial charge in [-0.2, -0.15) is 0 Å². The lowest BCUT2D eigenvalue weighted by molar-refractivity contribution is 0.102. The summed E-state index contributed by atoms with van der Waals surface area (Å²) >= 11 is 0. The predicted octanol–water partition coefficient (Wildman–Crippen LogP) is 4.51. The van der Waals surface area contributed by atoms with Gasteiger partial charge in [0.1, 0.15) is 22.7 Å². The minimum absolute atomic E-state index is 0.130. The molecule has 0 saturated heterocycles. The zero-order valence-corrected chi connectivity index (χ0v) is 19.1. The van der Waals surface area contributed by atoms with E-state index in [4.69, 9.17) is 10.7 Å². The molecule has 0 atom stereocenters. The Morgan fingerprint density at radius 1 is 1.16 bits per heavy atom. The normalized spacial score (nSPS) is 17.4. The van der Waals surface area contributed by atoms with E-state index in [1.54, 1.807) is 25.1 Å². The summed E-state index contributed by atoms with van der Waals surface area (Å²) in [7, 11) is 1.55. The van der Waals surface area contributed by atoms with Gasteiger partial charge < -0.3 is 10.2 Å². The molecule has 31 heavy (non-hydrogen) atoms. The number of hydrogen-bond acceptors (Lipinski definition) is 6. The molecule has 2 aliphatic rings. The van der Waals surface area contributed by atoms with Crippen molar-refractivity contribution >= 4 is 37.1 Å². The number of amides is 1. The molecule has 9 heteroatoms. The van der Waals surface area contributed by atoms with Crippen molar-refractivity contribution in [2.75, 3.05) is 16.8 Å². The lowest BCUT2D eigenvalue weighted by Crippen LogP contribution is -2.39. The van der Waals surface area contributed by atoms with E-state index in [1.807, 2.05) is 0 Å². The first-order valence-electron chi connectivity index (χ1n) is 10.8. The molecule has 0 bridgehead atoms. The Bertz CT molecular complexity index is 1070. The van der Waals surface area contributed by atoms with Gasteiger partial charge in [0.05, 0.1) is 5.69 Å². The van der Waals surface area contributed by atoms with Crippen LogP contribution in [0.2, 0.25) is 0 Å². The first-order valence-corrected chi connectivity index (χ1v) is 13.1. The van der Waals surface area contributed by atoms with Crippen molar-refractivity contribution in [3.63, 3.8) is 0 Å². The second kappa shape index (κ2) is 9.12. The number of carbonyl (C=O) groups is 1. The Hall–Kier alpha value is -2.19. The van der Waals surface area contributed by atoms with Crippen LogP contribution in [0, 0.1) is 12.8 Å². The Labute approximate surface area is 187 Å². The van der Waals surface area contributed by atoms with Crippen LogP contribution in [0.5, 0.6) is 0 Å². The summed E-state index contributed by atoms with van der Waals surface area (Å²) in [5, 5.41) is 2.69. The summed E-state index contributed by atoms with van der Waals surface area (Å²) in [6.07, 6.45) is 9.87. The predicted molar refractivity (Wildman–Crippen MR) is 121 cm³/mol. The van der Waals surface area contributed by atoms with Gasteiger partial charge >= 0.3 is 0 Å². The van der Waals surface area contributed by atoms with Crippen LogP contribution in [0.1, 0.15) is 61.0 Å². The zero-order chi connectivity index (χ0) is 22.0. The number of aryl methyl sites for hydroxylation is 1. The number of carbonyl (C=O) groups excluding carboxylic acids is 1. The highest BCUT2D eigenvalue weighted by Gasteiger charge is 2.30. The number of benzene rings is 1. The fourth-order valence-electron chi connectivity index (χ4n) is 4.21. The first-order chi connectivity index (χ1) is 14.8. The van der Waals surface area contributed by atoms with Crippen LogP contribution in [-0.4, -0.2) is 36.9 Å². The number of nitrogens with zero attached hydrogens (tertiary/aromatic N) is 3. The van der Waals surface area contributed by atoms with Gasteiger partial charge in [-0.25, -0.2) is 18.4 Å². The molecule has 7 nitrogen and oxygen atoms in total. The third-order valence-electron chi connectivity index (χ3n) is 6.08. The molecule has 166 valence electrons. The van der Waals surface area contributed by atoms with Gasteiger partial charge in [0.2, 0.25) is 0 Å². The van der Waals surface area contributed by atoms with E-state index in [0.29, 0.717) is 17.5 Å². The molecule has 1 N–H and O–H groups in total. The molecule has 2 saturated carbocycles. The molecule has 1 aromatic heterocycles. The second-order valence-electron chi connectivity index (χ2n) is 8.49. The number of halogens is 1. The lowest BCUT2D eigenvalue weighted by atomic mass is 9.94. The van der Waals surface area contributed by atoms with E-state index in [1.165, 1.54) is 44.5 Å².